The maximum absolute atomic E-state index is 6.30. The van der Waals surface area contributed by atoms with E-state index < -0.39 is 0 Å². The van der Waals surface area contributed by atoms with E-state index in [2.05, 4.69) is 41.8 Å². The third-order valence-corrected chi connectivity index (χ3v) is 3.86. The van der Waals surface area contributed by atoms with Crippen LogP contribution in [0.25, 0.3) is 0 Å². The molecule has 2 aromatic carbocycles. The van der Waals surface area contributed by atoms with Crippen molar-refractivity contribution in [3.05, 3.63) is 70.2 Å². The van der Waals surface area contributed by atoms with Gasteiger partial charge < -0.3 is 0 Å². The number of benzene rings is 2. The molecule has 3 N–H and O–H groups in total. The van der Waals surface area contributed by atoms with Gasteiger partial charge in [0.1, 0.15) is 0 Å². The highest BCUT2D eigenvalue weighted by molar-refractivity contribution is 6.31. The Morgan fingerprint density at radius 3 is 2.55 bits per heavy atom. The van der Waals surface area contributed by atoms with Crippen LogP contribution >= 0.6 is 11.6 Å². The summed E-state index contributed by atoms with van der Waals surface area (Å²) in [6.07, 6.45) is 3.10. The average Bonchev–Trinajstić information content (AvgIpc) is 2.46. The lowest BCUT2D eigenvalue weighted by molar-refractivity contribution is 0.498. The summed E-state index contributed by atoms with van der Waals surface area (Å²) < 4.78 is 0. The van der Waals surface area contributed by atoms with Crippen molar-refractivity contribution in [3.63, 3.8) is 0 Å². The maximum atomic E-state index is 6.30. The number of aryl methyl sites for hydroxylation is 2. The number of halogens is 1. The number of hydrogen-bond acceptors (Lipinski definition) is 2. The van der Waals surface area contributed by atoms with E-state index in [4.69, 9.17) is 17.4 Å². The summed E-state index contributed by atoms with van der Waals surface area (Å²) in [7, 11) is 0. The van der Waals surface area contributed by atoms with Crippen molar-refractivity contribution >= 4 is 11.6 Å². The molecule has 0 aliphatic heterocycles. The van der Waals surface area contributed by atoms with Crippen molar-refractivity contribution in [1.29, 1.82) is 0 Å². The van der Waals surface area contributed by atoms with Crippen molar-refractivity contribution in [2.24, 2.45) is 5.84 Å². The van der Waals surface area contributed by atoms with E-state index in [0.29, 0.717) is 0 Å². The summed E-state index contributed by atoms with van der Waals surface area (Å²) in [6, 6.07) is 16.7. The van der Waals surface area contributed by atoms with E-state index in [1.807, 2.05) is 19.1 Å². The van der Waals surface area contributed by atoms with Crippen molar-refractivity contribution in [3.8, 4) is 0 Å². The summed E-state index contributed by atoms with van der Waals surface area (Å²) in [5.74, 6) is 5.68. The Morgan fingerprint density at radius 2 is 1.90 bits per heavy atom. The smallest absolute Gasteiger partial charge is 0.0474 e. The van der Waals surface area contributed by atoms with E-state index in [0.717, 1.165) is 29.8 Å². The molecule has 0 saturated heterocycles. The second-order valence-corrected chi connectivity index (χ2v) is 5.53. The Kier molecular flexibility index (Phi) is 5.60. The fourth-order valence-electron chi connectivity index (χ4n) is 2.40. The molecule has 20 heavy (non-hydrogen) atoms. The zero-order valence-corrected chi connectivity index (χ0v) is 12.5. The molecular formula is C17H21ClN2. The highest BCUT2D eigenvalue weighted by Gasteiger charge is 2.13. The molecule has 0 heterocycles. The molecule has 0 saturated carbocycles. The van der Waals surface area contributed by atoms with Gasteiger partial charge in [0.25, 0.3) is 0 Å². The maximum Gasteiger partial charge on any atom is 0.0474 e. The molecule has 0 radical (unpaired) electrons. The van der Waals surface area contributed by atoms with Crippen molar-refractivity contribution in [1.82, 2.24) is 5.43 Å². The molecule has 106 valence electrons. The number of nitrogens with two attached hydrogens (primary N) is 1. The lowest BCUT2D eigenvalue weighted by Gasteiger charge is -2.18. The van der Waals surface area contributed by atoms with Gasteiger partial charge in [-0.05, 0) is 48.9 Å². The minimum absolute atomic E-state index is 0.104. The van der Waals surface area contributed by atoms with Gasteiger partial charge >= 0.3 is 0 Å². The molecular weight excluding hydrogens is 268 g/mol. The molecule has 0 bridgehead atoms. The molecule has 0 aliphatic rings. The van der Waals surface area contributed by atoms with Crippen molar-refractivity contribution in [2.75, 3.05) is 0 Å². The summed E-state index contributed by atoms with van der Waals surface area (Å²) in [5, 5.41) is 0.785. The van der Waals surface area contributed by atoms with Gasteiger partial charge in [0.05, 0.1) is 0 Å². The molecule has 0 spiro atoms. The zero-order chi connectivity index (χ0) is 14.4. The van der Waals surface area contributed by atoms with Crippen LogP contribution in [0, 0.1) is 6.92 Å². The van der Waals surface area contributed by atoms with Gasteiger partial charge in [-0.3, -0.25) is 11.3 Å². The van der Waals surface area contributed by atoms with Crippen LogP contribution in [0.1, 0.15) is 35.6 Å². The van der Waals surface area contributed by atoms with Gasteiger partial charge in [0.15, 0.2) is 0 Å². The first kappa shape index (κ1) is 15.0. The van der Waals surface area contributed by atoms with Gasteiger partial charge in [-0.25, -0.2) is 0 Å². The lowest BCUT2D eigenvalue weighted by atomic mass is 9.98. The van der Waals surface area contributed by atoms with E-state index in [1.54, 1.807) is 0 Å². The van der Waals surface area contributed by atoms with E-state index in [-0.39, 0.29) is 6.04 Å². The van der Waals surface area contributed by atoms with E-state index in [1.165, 1.54) is 11.1 Å². The van der Waals surface area contributed by atoms with Crippen molar-refractivity contribution in [2.45, 2.75) is 32.2 Å². The second kappa shape index (κ2) is 7.44. The molecule has 0 fully saturated rings. The number of hydrogen-bond donors (Lipinski definition) is 2. The quantitative estimate of drug-likeness (QED) is 0.618. The molecule has 0 aromatic heterocycles. The molecule has 3 heteroatoms. The van der Waals surface area contributed by atoms with Crippen LogP contribution in [0.15, 0.2) is 48.5 Å². The van der Waals surface area contributed by atoms with Gasteiger partial charge in [-0.1, -0.05) is 54.1 Å². The van der Waals surface area contributed by atoms with Crippen LogP contribution in [0.3, 0.4) is 0 Å². The standard InChI is InChI=1S/C17H21ClN2/c1-13-10-11-15(16(18)12-13)17(20-19)9-5-8-14-6-3-2-4-7-14/h2-4,6-7,10-12,17,20H,5,8-9,19H2,1H3. The fourth-order valence-corrected chi connectivity index (χ4v) is 2.77. The van der Waals surface area contributed by atoms with Crippen LogP contribution in [0.2, 0.25) is 5.02 Å². The zero-order valence-electron chi connectivity index (χ0n) is 11.8. The highest BCUT2D eigenvalue weighted by Crippen LogP contribution is 2.27. The predicted molar refractivity (Wildman–Crippen MR) is 85.6 cm³/mol. The van der Waals surface area contributed by atoms with Gasteiger partial charge in [-0.15, -0.1) is 0 Å². The monoisotopic (exact) mass is 288 g/mol. The predicted octanol–water partition coefficient (Wildman–Crippen LogP) is 4.18. The third kappa shape index (κ3) is 4.07. The minimum atomic E-state index is 0.104. The normalized spacial score (nSPS) is 12.3. The molecule has 2 rings (SSSR count). The first-order valence-corrected chi connectivity index (χ1v) is 7.34. The van der Waals surface area contributed by atoms with Crippen LogP contribution < -0.4 is 11.3 Å². The number of rotatable bonds is 6. The van der Waals surface area contributed by atoms with Gasteiger partial charge in [0, 0.05) is 11.1 Å². The Hall–Kier alpha value is -1.35. The summed E-state index contributed by atoms with van der Waals surface area (Å²) in [5.41, 5.74) is 6.48. The van der Waals surface area contributed by atoms with E-state index in [9.17, 15) is 0 Å². The molecule has 2 nitrogen and oxygen atoms in total. The molecule has 1 atom stereocenters. The molecule has 0 aliphatic carbocycles. The number of hydrazine groups is 1. The average molecular weight is 289 g/mol. The van der Waals surface area contributed by atoms with Crippen molar-refractivity contribution < 1.29 is 0 Å². The van der Waals surface area contributed by atoms with Crippen LogP contribution in [-0.4, -0.2) is 0 Å². The van der Waals surface area contributed by atoms with E-state index >= 15 is 0 Å². The Labute approximate surface area is 125 Å². The SMILES string of the molecule is Cc1ccc(C(CCCc2ccccc2)NN)c(Cl)c1. The highest BCUT2D eigenvalue weighted by atomic mass is 35.5. The minimum Gasteiger partial charge on any atom is -0.271 e. The molecule has 2 aromatic rings. The topological polar surface area (TPSA) is 38.0 Å². The first-order valence-electron chi connectivity index (χ1n) is 6.97. The van der Waals surface area contributed by atoms with Crippen LogP contribution in [0.4, 0.5) is 0 Å². The van der Waals surface area contributed by atoms with Gasteiger partial charge in [-0.2, -0.15) is 0 Å². The Morgan fingerprint density at radius 1 is 1.15 bits per heavy atom. The van der Waals surface area contributed by atoms with Crippen LogP contribution in [-0.2, 0) is 6.42 Å². The first-order chi connectivity index (χ1) is 9.70. The van der Waals surface area contributed by atoms with Crippen LogP contribution in [0.5, 0.6) is 0 Å². The lowest BCUT2D eigenvalue weighted by Crippen LogP contribution is -2.28. The largest absolute Gasteiger partial charge is 0.271 e. The summed E-state index contributed by atoms with van der Waals surface area (Å²) >= 11 is 6.30. The Bertz CT molecular complexity index is 540. The summed E-state index contributed by atoms with van der Waals surface area (Å²) in [4.78, 5) is 0. The second-order valence-electron chi connectivity index (χ2n) is 5.12. The summed E-state index contributed by atoms with van der Waals surface area (Å²) in [6.45, 7) is 2.04. The molecule has 1 unspecified atom stereocenters. The molecule has 0 amide bonds. The third-order valence-electron chi connectivity index (χ3n) is 3.53. The Balaban J connectivity index is 1.95. The fraction of sp³-hybridized carbons (Fsp3) is 0.294. The number of nitrogens with one attached hydrogen (secondary N) is 1. The van der Waals surface area contributed by atoms with Gasteiger partial charge in [0.2, 0.25) is 0 Å².